The number of ether oxygens (including phenoxy) is 1. The van der Waals surface area contributed by atoms with Gasteiger partial charge in [0.1, 0.15) is 0 Å². The van der Waals surface area contributed by atoms with Gasteiger partial charge in [0, 0.05) is 12.2 Å². The number of nitrogens with zero attached hydrogens (tertiary/aromatic N) is 2. The molecule has 1 amide bonds. The van der Waals surface area contributed by atoms with Crippen LogP contribution in [0.1, 0.15) is 56.2 Å². The number of nitrogens with one attached hydrogen (secondary N) is 1. The van der Waals surface area contributed by atoms with Gasteiger partial charge in [-0.3, -0.25) is 9.78 Å². The quantitative estimate of drug-likeness (QED) is 0.861. The number of esters is 1. The van der Waals surface area contributed by atoms with Crippen LogP contribution in [0.5, 0.6) is 0 Å². The van der Waals surface area contributed by atoms with E-state index in [1.807, 2.05) is 0 Å². The van der Waals surface area contributed by atoms with E-state index in [1.165, 1.54) is 18.8 Å². The molecule has 1 aliphatic rings. The van der Waals surface area contributed by atoms with E-state index in [-0.39, 0.29) is 17.6 Å². The molecule has 1 N–H and O–H groups in total. The van der Waals surface area contributed by atoms with Gasteiger partial charge in [-0.25, -0.2) is 9.78 Å². The highest BCUT2D eigenvalue weighted by Crippen LogP contribution is 2.29. The molecule has 1 fully saturated rings. The summed E-state index contributed by atoms with van der Waals surface area (Å²) in [5.74, 6) is 0.128. The number of rotatable bonds is 4. The van der Waals surface area contributed by atoms with Crippen LogP contribution < -0.4 is 5.32 Å². The summed E-state index contributed by atoms with van der Waals surface area (Å²) in [5.41, 5.74) is 0.822. The number of hydrogen-bond acceptors (Lipinski definition) is 5. The summed E-state index contributed by atoms with van der Waals surface area (Å²) >= 11 is 0. The molecule has 6 nitrogen and oxygen atoms in total. The van der Waals surface area contributed by atoms with Crippen molar-refractivity contribution in [2.45, 2.75) is 59.1 Å². The second kappa shape index (κ2) is 7.53. The summed E-state index contributed by atoms with van der Waals surface area (Å²) in [7, 11) is 0. The molecular weight excluding hydrogens is 294 g/mol. The highest BCUT2D eigenvalue weighted by molar-refractivity contribution is 5.90. The fourth-order valence-electron chi connectivity index (χ4n) is 2.86. The predicted molar refractivity (Wildman–Crippen MR) is 85.8 cm³/mol. The maximum atomic E-state index is 12.3. The van der Waals surface area contributed by atoms with Crippen molar-refractivity contribution in [3.63, 3.8) is 0 Å². The van der Waals surface area contributed by atoms with Gasteiger partial charge in [0.15, 0.2) is 11.8 Å². The van der Waals surface area contributed by atoms with Gasteiger partial charge in [0.05, 0.1) is 11.9 Å². The Bertz CT molecular complexity index is 559. The molecule has 0 unspecified atom stereocenters. The first-order valence-corrected chi connectivity index (χ1v) is 8.18. The normalized spacial score (nSPS) is 25.5. The first kappa shape index (κ1) is 17.4. The first-order valence-electron chi connectivity index (χ1n) is 8.18. The van der Waals surface area contributed by atoms with Crippen LogP contribution in [0.4, 0.5) is 0 Å². The number of carbonyl (C=O) groups excluding carboxylic acids is 2. The van der Waals surface area contributed by atoms with Crippen LogP contribution in [-0.2, 0) is 9.53 Å². The number of amides is 1. The fraction of sp³-hybridized carbons (Fsp3) is 0.647. The van der Waals surface area contributed by atoms with Gasteiger partial charge in [-0.05, 0) is 32.1 Å². The van der Waals surface area contributed by atoms with Crippen LogP contribution >= 0.6 is 0 Å². The molecule has 126 valence electrons. The van der Waals surface area contributed by atoms with Crippen LogP contribution in [0, 0.1) is 18.8 Å². The van der Waals surface area contributed by atoms with Crippen molar-refractivity contribution in [3.8, 4) is 0 Å². The van der Waals surface area contributed by atoms with E-state index < -0.39 is 12.1 Å². The van der Waals surface area contributed by atoms with E-state index in [9.17, 15) is 9.59 Å². The zero-order valence-electron chi connectivity index (χ0n) is 14.2. The van der Waals surface area contributed by atoms with Crippen molar-refractivity contribution in [2.24, 2.45) is 11.8 Å². The number of carbonyl (C=O) groups is 2. The topological polar surface area (TPSA) is 81.2 Å². The Morgan fingerprint density at radius 2 is 2.00 bits per heavy atom. The molecule has 1 aliphatic carbocycles. The molecule has 0 radical (unpaired) electrons. The maximum Gasteiger partial charge on any atom is 0.359 e. The predicted octanol–water partition coefficient (Wildman–Crippen LogP) is 2.27. The standard InChI is InChI=1S/C17H25N3O3/c1-10-6-5-7-14(12(10)3)20-16(21)13(4)23-17(22)15-9-18-11(2)8-19-15/h8-10,12-14H,5-7H2,1-4H3,(H,20,21)/t10-,12-,13-,14-/m0/s1. The monoisotopic (exact) mass is 319 g/mol. The van der Waals surface area contributed by atoms with E-state index in [1.54, 1.807) is 13.8 Å². The first-order chi connectivity index (χ1) is 10.9. The summed E-state index contributed by atoms with van der Waals surface area (Å²) in [4.78, 5) is 32.2. The Labute approximate surface area is 137 Å². The molecule has 1 saturated carbocycles. The molecule has 23 heavy (non-hydrogen) atoms. The van der Waals surface area contributed by atoms with Crippen LogP contribution in [0.3, 0.4) is 0 Å². The number of aryl methyl sites for hydroxylation is 1. The largest absolute Gasteiger partial charge is 0.448 e. The lowest BCUT2D eigenvalue weighted by Gasteiger charge is -2.35. The molecule has 0 aromatic carbocycles. The molecule has 0 bridgehead atoms. The second-order valence-electron chi connectivity index (χ2n) is 6.47. The lowest BCUT2D eigenvalue weighted by molar-refractivity contribution is -0.130. The van der Waals surface area contributed by atoms with E-state index in [0.29, 0.717) is 17.5 Å². The van der Waals surface area contributed by atoms with Gasteiger partial charge >= 0.3 is 5.97 Å². The molecule has 2 rings (SSSR count). The van der Waals surface area contributed by atoms with Crippen molar-refractivity contribution in [3.05, 3.63) is 23.8 Å². The third kappa shape index (κ3) is 4.50. The Morgan fingerprint density at radius 1 is 1.26 bits per heavy atom. The molecular formula is C17H25N3O3. The molecule has 4 atom stereocenters. The average Bonchev–Trinajstić information content (AvgIpc) is 2.52. The Morgan fingerprint density at radius 3 is 2.65 bits per heavy atom. The fourth-order valence-corrected chi connectivity index (χ4v) is 2.86. The third-order valence-electron chi connectivity index (χ3n) is 4.68. The summed E-state index contributed by atoms with van der Waals surface area (Å²) < 4.78 is 5.19. The van der Waals surface area contributed by atoms with Crippen LogP contribution in [0.2, 0.25) is 0 Å². The SMILES string of the molecule is Cc1cnc(C(=O)O[C@@H](C)C(=O)N[C@H]2CCC[C@H](C)[C@@H]2C)cn1. The molecule has 0 spiro atoms. The lowest BCUT2D eigenvalue weighted by Crippen LogP contribution is -2.47. The lowest BCUT2D eigenvalue weighted by atomic mass is 9.78. The molecule has 6 heteroatoms. The molecule has 0 saturated heterocycles. The number of aromatic nitrogens is 2. The van der Waals surface area contributed by atoms with Crippen molar-refractivity contribution in [1.29, 1.82) is 0 Å². The summed E-state index contributed by atoms with van der Waals surface area (Å²) in [6.45, 7) is 7.73. The van der Waals surface area contributed by atoms with Gasteiger partial charge in [-0.1, -0.05) is 26.7 Å². The minimum absolute atomic E-state index is 0.106. The molecule has 0 aliphatic heterocycles. The minimum atomic E-state index is -0.852. The van der Waals surface area contributed by atoms with Crippen molar-refractivity contribution >= 4 is 11.9 Å². The Hall–Kier alpha value is -1.98. The van der Waals surface area contributed by atoms with Crippen LogP contribution in [0.25, 0.3) is 0 Å². The van der Waals surface area contributed by atoms with Crippen LogP contribution in [0.15, 0.2) is 12.4 Å². The van der Waals surface area contributed by atoms with Crippen molar-refractivity contribution < 1.29 is 14.3 Å². The Balaban J connectivity index is 1.89. The van der Waals surface area contributed by atoms with E-state index in [0.717, 1.165) is 12.8 Å². The van der Waals surface area contributed by atoms with Crippen LogP contribution in [-0.4, -0.2) is 34.0 Å². The minimum Gasteiger partial charge on any atom is -0.448 e. The highest BCUT2D eigenvalue weighted by Gasteiger charge is 2.30. The summed E-state index contributed by atoms with van der Waals surface area (Å²) in [6, 6.07) is 0.145. The van der Waals surface area contributed by atoms with Gasteiger partial charge in [0.25, 0.3) is 5.91 Å². The van der Waals surface area contributed by atoms with Gasteiger partial charge in [-0.15, -0.1) is 0 Å². The second-order valence-corrected chi connectivity index (χ2v) is 6.47. The average molecular weight is 319 g/mol. The van der Waals surface area contributed by atoms with E-state index in [2.05, 4.69) is 29.1 Å². The molecule has 1 aromatic rings. The van der Waals surface area contributed by atoms with Crippen molar-refractivity contribution in [1.82, 2.24) is 15.3 Å². The van der Waals surface area contributed by atoms with Gasteiger partial charge in [0.2, 0.25) is 0 Å². The molecule has 1 aromatic heterocycles. The molecule has 1 heterocycles. The maximum absolute atomic E-state index is 12.3. The highest BCUT2D eigenvalue weighted by atomic mass is 16.5. The van der Waals surface area contributed by atoms with E-state index >= 15 is 0 Å². The van der Waals surface area contributed by atoms with Gasteiger partial charge < -0.3 is 10.1 Å². The number of hydrogen-bond donors (Lipinski definition) is 1. The van der Waals surface area contributed by atoms with Crippen molar-refractivity contribution in [2.75, 3.05) is 0 Å². The Kier molecular flexibility index (Phi) is 5.69. The van der Waals surface area contributed by atoms with Gasteiger partial charge in [-0.2, -0.15) is 0 Å². The zero-order chi connectivity index (χ0) is 17.0. The third-order valence-corrected chi connectivity index (χ3v) is 4.68. The zero-order valence-corrected chi connectivity index (χ0v) is 14.2. The summed E-state index contributed by atoms with van der Waals surface area (Å²) in [5, 5.41) is 3.01. The summed E-state index contributed by atoms with van der Waals surface area (Å²) in [6.07, 6.45) is 5.28. The van der Waals surface area contributed by atoms with E-state index in [4.69, 9.17) is 4.74 Å². The smallest absolute Gasteiger partial charge is 0.359 e.